The monoisotopic (exact) mass is 1030 g/mol. The van der Waals surface area contributed by atoms with Gasteiger partial charge in [0.15, 0.2) is 6.29 Å². The van der Waals surface area contributed by atoms with E-state index in [1.165, 1.54) is 212 Å². The molecule has 1 rings (SSSR count). The van der Waals surface area contributed by atoms with Crippen LogP contribution in [0.25, 0.3) is 0 Å². The maximum Gasteiger partial charge on any atom is 0.249 e. The van der Waals surface area contributed by atoms with Crippen molar-refractivity contribution in [3.63, 3.8) is 0 Å². The van der Waals surface area contributed by atoms with Crippen molar-refractivity contribution in [2.75, 3.05) is 13.2 Å². The van der Waals surface area contributed by atoms with E-state index < -0.39 is 74.2 Å². The maximum atomic E-state index is 13.2. The van der Waals surface area contributed by atoms with Crippen LogP contribution in [0.5, 0.6) is 0 Å². The highest BCUT2D eigenvalue weighted by molar-refractivity contribution is 5.80. The van der Waals surface area contributed by atoms with Crippen LogP contribution in [-0.4, -0.2) is 110 Å². The molecule has 0 aliphatic carbocycles. The van der Waals surface area contributed by atoms with Crippen molar-refractivity contribution in [2.24, 2.45) is 0 Å². The van der Waals surface area contributed by atoms with Crippen LogP contribution in [0, 0.1) is 0 Å². The van der Waals surface area contributed by atoms with Gasteiger partial charge in [0.05, 0.1) is 25.4 Å². The molecule has 1 saturated heterocycles. The average Bonchev–Trinajstić information content (AvgIpc) is 3.38. The minimum absolute atomic E-state index is 0.256. The van der Waals surface area contributed by atoms with Crippen molar-refractivity contribution in [2.45, 2.75) is 358 Å². The summed E-state index contributed by atoms with van der Waals surface area (Å²) in [7, 11) is 0. The van der Waals surface area contributed by atoms with Crippen LogP contribution in [0.3, 0.4) is 0 Å². The van der Waals surface area contributed by atoms with Gasteiger partial charge in [-0.1, -0.05) is 276 Å². The van der Waals surface area contributed by atoms with E-state index in [1.54, 1.807) is 0 Å². The number of hydrogen-bond acceptors (Lipinski definition) is 10. The second-order valence-electron chi connectivity index (χ2n) is 22.1. The molecule has 9 atom stereocenters. The third-order valence-electron chi connectivity index (χ3n) is 15.3. The van der Waals surface area contributed by atoms with Crippen LogP contribution in [0.15, 0.2) is 12.2 Å². The number of carbonyl (C=O) groups is 1. The molecule has 0 aromatic rings. The van der Waals surface area contributed by atoms with Gasteiger partial charge in [0.1, 0.15) is 36.6 Å². The van der Waals surface area contributed by atoms with Crippen LogP contribution < -0.4 is 5.32 Å². The number of hydrogen-bond donors (Lipinski definition) is 8. The molecule has 11 nitrogen and oxygen atoms in total. The molecule has 0 saturated carbocycles. The van der Waals surface area contributed by atoms with Crippen LogP contribution >= 0.6 is 0 Å². The van der Waals surface area contributed by atoms with Gasteiger partial charge >= 0.3 is 0 Å². The molecule has 0 spiro atoms. The number of carbonyl (C=O) groups excluding carboxylic acids is 1. The molecule has 428 valence electrons. The second kappa shape index (κ2) is 50.7. The lowest BCUT2D eigenvalue weighted by Gasteiger charge is -2.40. The second-order valence-corrected chi connectivity index (χ2v) is 22.1. The molecule has 0 radical (unpaired) electrons. The van der Waals surface area contributed by atoms with E-state index in [4.69, 9.17) is 9.47 Å². The highest BCUT2D eigenvalue weighted by Crippen LogP contribution is 2.24. The fourth-order valence-corrected chi connectivity index (χ4v) is 10.3. The van der Waals surface area contributed by atoms with Gasteiger partial charge in [-0.25, -0.2) is 0 Å². The summed E-state index contributed by atoms with van der Waals surface area (Å²) in [5.74, 6) is -0.696. The summed E-state index contributed by atoms with van der Waals surface area (Å²) in [5, 5.41) is 76.3. The number of nitrogens with one attached hydrogen (secondary N) is 1. The first-order valence-electron chi connectivity index (χ1n) is 31.1. The Kier molecular flexibility index (Phi) is 48.4. The molecular formula is C61H119NO10. The number of ether oxygens (including phenoxy) is 2. The van der Waals surface area contributed by atoms with Crippen LogP contribution in [0.4, 0.5) is 0 Å². The van der Waals surface area contributed by atoms with E-state index in [9.17, 15) is 40.5 Å². The van der Waals surface area contributed by atoms with E-state index in [-0.39, 0.29) is 6.42 Å². The number of unbranched alkanes of at least 4 members (excludes halogenated alkanes) is 40. The molecule has 1 heterocycles. The molecule has 1 aliphatic rings. The Morgan fingerprint density at radius 3 is 1.17 bits per heavy atom. The molecule has 1 aliphatic heterocycles. The molecule has 0 aromatic carbocycles. The zero-order chi connectivity index (χ0) is 52.5. The molecular weight excluding hydrogens is 907 g/mol. The normalized spacial score (nSPS) is 20.0. The van der Waals surface area contributed by atoms with E-state index in [0.717, 1.165) is 51.4 Å². The summed E-state index contributed by atoms with van der Waals surface area (Å²) in [6.45, 7) is 3.49. The van der Waals surface area contributed by atoms with Crippen molar-refractivity contribution in [3.05, 3.63) is 12.2 Å². The Hall–Kier alpha value is -1.15. The standard InChI is InChI=1S/C61H119NO10/c1-3-5-7-9-11-13-15-17-19-21-23-24-25-26-27-28-29-30-31-33-34-36-38-40-42-44-46-48-53(64)56(66)52(51-71-61-59(69)58(68)57(67)55(50-63)72-61)62-60(70)54(65)49-47-45-43-41-39-37-35-32-22-20-18-16-14-12-10-8-6-4-2/h22,32,52-59,61,63-69H,3-21,23-31,33-51H2,1-2H3,(H,62,70)/b32-22-. The van der Waals surface area contributed by atoms with Crippen molar-refractivity contribution >= 4 is 5.91 Å². The third-order valence-corrected chi connectivity index (χ3v) is 15.3. The van der Waals surface area contributed by atoms with Gasteiger partial charge in [0, 0.05) is 0 Å². The largest absolute Gasteiger partial charge is 0.394 e. The van der Waals surface area contributed by atoms with Crippen molar-refractivity contribution in [3.8, 4) is 0 Å². The third kappa shape index (κ3) is 38.4. The fourth-order valence-electron chi connectivity index (χ4n) is 10.3. The molecule has 72 heavy (non-hydrogen) atoms. The average molecular weight is 1030 g/mol. The summed E-state index contributed by atoms with van der Waals surface area (Å²) < 4.78 is 11.2. The Labute approximate surface area is 442 Å². The minimum atomic E-state index is -1.66. The zero-order valence-corrected chi connectivity index (χ0v) is 46.9. The smallest absolute Gasteiger partial charge is 0.249 e. The Morgan fingerprint density at radius 1 is 0.472 bits per heavy atom. The molecule has 9 unspecified atom stereocenters. The van der Waals surface area contributed by atoms with Crippen LogP contribution in [0.2, 0.25) is 0 Å². The van der Waals surface area contributed by atoms with Gasteiger partial charge in [-0.3, -0.25) is 4.79 Å². The first-order valence-corrected chi connectivity index (χ1v) is 31.1. The quantitative estimate of drug-likeness (QED) is 0.0215. The Balaban J connectivity index is 2.25. The van der Waals surface area contributed by atoms with Gasteiger partial charge in [-0.2, -0.15) is 0 Å². The minimum Gasteiger partial charge on any atom is -0.394 e. The number of aliphatic hydroxyl groups is 7. The summed E-state index contributed by atoms with van der Waals surface area (Å²) in [4.78, 5) is 13.2. The predicted molar refractivity (Wildman–Crippen MR) is 298 cm³/mol. The zero-order valence-electron chi connectivity index (χ0n) is 46.9. The van der Waals surface area contributed by atoms with Gasteiger partial charge in [-0.15, -0.1) is 0 Å². The summed E-state index contributed by atoms with van der Waals surface area (Å²) in [5.41, 5.74) is 0. The van der Waals surface area contributed by atoms with Crippen molar-refractivity contribution < 1.29 is 50.0 Å². The topological polar surface area (TPSA) is 189 Å². The fraction of sp³-hybridized carbons (Fsp3) is 0.951. The lowest BCUT2D eigenvalue weighted by molar-refractivity contribution is -0.303. The number of aliphatic hydroxyl groups excluding tert-OH is 7. The number of allylic oxidation sites excluding steroid dienone is 2. The predicted octanol–water partition coefficient (Wildman–Crippen LogP) is 13.5. The summed E-state index contributed by atoms with van der Waals surface area (Å²) >= 11 is 0. The number of rotatable bonds is 54. The van der Waals surface area contributed by atoms with Crippen LogP contribution in [-0.2, 0) is 14.3 Å². The first kappa shape index (κ1) is 68.9. The molecule has 8 N–H and O–H groups in total. The maximum absolute atomic E-state index is 13.2. The summed E-state index contributed by atoms with van der Waals surface area (Å²) in [6.07, 6.45) is 48.4. The molecule has 1 fully saturated rings. The number of amides is 1. The molecule has 0 bridgehead atoms. The Bertz CT molecular complexity index is 1180. The lowest BCUT2D eigenvalue weighted by Crippen LogP contribution is -2.60. The molecule has 0 aromatic heterocycles. The highest BCUT2D eigenvalue weighted by atomic mass is 16.7. The lowest BCUT2D eigenvalue weighted by atomic mass is 9.98. The van der Waals surface area contributed by atoms with Crippen molar-refractivity contribution in [1.29, 1.82) is 0 Å². The first-order chi connectivity index (χ1) is 35.2. The molecule has 11 heteroatoms. The van der Waals surface area contributed by atoms with Gasteiger partial charge in [-0.05, 0) is 38.5 Å². The van der Waals surface area contributed by atoms with E-state index >= 15 is 0 Å². The van der Waals surface area contributed by atoms with E-state index in [1.807, 2.05) is 0 Å². The van der Waals surface area contributed by atoms with Crippen molar-refractivity contribution in [1.82, 2.24) is 5.32 Å². The SMILES string of the molecule is CCCCCCCCCC/C=C\CCCCCCCCC(O)C(=O)NC(COC1OC(CO)C(O)C(O)C1O)C(O)C(O)CCCCCCCCCCCCCCCCCCCCCCCCCCCCC. The van der Waals surface area contributed by atoms with Gasteiger partial charge < -0.3 is 50.5 Å². The van der Waals surface area contributed by atoms with Gasteiger partial charge in [0.25, 0.3) is 0 Å². The van der Waals surface area contributed by atoms with E-state index in [2.05, 4.69) is 31.3 Å². The Morgan fingerprint density at radius 2 is 0.806 bits per heavy atom. The van der Waals surface area contributed by atoms with Gasteiger partial charge in [0.2, 0.25) is 5.91 Å². The summed E-state index contributed by atoms with van der Waals surface area (Å²) in [6, 6.07) is -1.17. The van der Waals surface area contributed by atoms with Crippen LogP contribution in [0.1, 0.15) is 303 Å². The highest BCUT2D eigenvalue weighted by Gasteiger charge is 2.44. The molecule has 1 amide bonds. The van der Waals surface area contributed by atoms with E-state index in [0.29, 0.717) is 19.3 Å².